The predicted octanol–water partition coefficient (Wildman–Crippen LogP) is 4.72. The second-order valence-corrected chi connectivity index (χ2v) is 13.3. The van der Waals surface area contributed by atoms with Gasteiger partial charge in [0, 0.05) is 64.7 Å². The van der Waals surface area contributed by atoms with Crippen LogP contribution in [0.1, 0.15) is 5.56 Å². The molecular formula is C41H30N6O3. The van der Waals surface area contributed by atoms with E-state index in [9.17, 15) is 15.5 Å². The molecule has 3 aliphatic rings. The average molecular weight is 655 g/mol. The van der Waals surface area contributed by atoms with Crippen LogP contribution < -0.4 is 35.0 Å². The van der Waals surface area contributed by atoms with Crippen LogP contribution in [-0.2, 0) is 0 Å². The van der Waals surface area contributed by atoms with Crippen LogP contribution in [0.15, 0.2) is 89.8 Å². The Bertz CT molecular complexity index is 2880. The Balaban J connectivity index is 1.57. The van der Waals surface area contributed by atoms with Gasteiger partial charge in [0.25, 0.3) is 5.70 Å². The molecule has 242 valence electrons. The number of anilines is 3. The first-order valence-electron chi connectivity index (χ1n) is 16.2. The maximum Gasteiger partial charge on any atom is 0.270 e. The van der Waals surface area contributed by atoms with E-state index in [1.54, 1.807) is 24.3 Å². The molecule has 0 saturated carbocycles. The van der Waals surface area contributed by atoms with Gasteiger partial charge >= 0.3 is 0 Å². The fourth-order valence-electron chi connectivity index (χ4n) is 8.68. The summed E-state index contributed by atoms with van der Waals surface area (Å²) in [6.45, 7) is 9.38. The zero-order valence-electron chi connectivity index (χ0n) is 27.8. The zero-order chi connectivity index (χ0) is 34.7. The summed E-state index contributed by atoms with van der Waals surface area (Å²) in [6.07, 6.45) is 0. The normalized spacial score (nSPS) is 17.5. The third-order valence-corrected chi connectivity index (χ3v) is 10.5. The summed E-state index contributed by atoms with van der Waals surface area (Å²) in [5.41, 5.74) is 3.77. The maximum atomic E-state index is 15.1. The monoisotopic (exact) mass is 654 g/mol. The van der Waals surface area contributed by atoms with Crippen molar-refractivity contribution in [2.24, 2.45) is 0 Å². The van der Waals surface area contributed by atoms with Crippen LogP contribution in [0.2, 0.25) is 0 Å². The molecule has 6 aromatic carbocycles. The van der Waals surface area contributed by atoms with E-state index in [1.807, 2.05) is 76.7 Å². The standard InChI is InChI=1S/C41H30N6O3/c1-43-25(18-42)36-37(34-21-10-6-14-26-30(21)39(46(4)19-44(26)2)23-12-8-16-28(48)32(23)34)41(50)38(36)35-22-11-7-15-27-31(22)40(47(5)20-45(27)3)24-13-9-17-29(49)33(24)35/h6-17H,19-20H2,2-5H3,(H2-,48,49,50). The van der Waals surface area contributed by atoms with Gasteiger partial charge in [0.1, 0.15) is 18.5 Å². The Morgan fingerprint density at radius 1 is 0.780 bits per heavy atom. The van der Waals surface area contributed by atoms with Crippen LogP contribution in [0.5, 0.6) is 11.5 Å². The first-order valence-corrected chi connectivity index (χ1v) is 16.2. The molecule has 2 heterocycles. The third kappa shape index (κ3) is 3.56. The van der Waals surface area contributed by atoms with E-state index in [1.165, 1.54) is 0 Å². The van der Waals surface area contributed by atoms with Gasteiger partial charge in [-0.25, -0.2) is 14.7 Å². The summed E-state index contributed by atoms with van der Waals surface area (Å²) < 4.78 is 2.13. The Morgan fingerprint density at radius 3 is 2.10 bits per heavy atom. The van der Waals surface area contributed by atoms with Crippen molar-refractivity contribution in [2.75, 3.05) is 56.2 Å². The fourth-order valence-corrected chi connectivity index (χ4v) is 8.68. The number of hydrogen-bond donors (Lipinski definition) is 2. The fraction of sp³-hybridized carbons (Fsp3) is 0.146. The number of phenols is 2. The van der Waals surface area contributed by atoms with Crippen molar-refractivity contribution >= 4 is 71.3 Å². The van der Waals surface area contributed by atoms with Gasteiger partial charge in [-0.1, -0.05) is 48.2 Å². The van der Waals surface area contributed by atoms with Crippen molar-refractivity contribution < 1.29 is 15.3 Å². The molecule has 50 heavy (non-hydrogen) atoms. The average Bonchev–Trinajstić information content (AvgIpc) is 3.10. The van der Waals surface area contributed by atoms with Crippen LogP contribution in [0.25, 0.3) is 59.1 Å². The van der Waals surface area contributed by atoms with E-state index in [2.05, 4.69) is 30.2 Å². The summed E-state index contributed by atoms with van der Waals surface area (Å²) in [7, 11) is 8.02. The molecule has 9 rings (SSSR count). The van der Waals surface area contributed by atoms with Crippen molar-refractivity contribution in [3.63, 3.8) is 0 Å². The second-order valence-electron chi connectivity index (χ2n) is 13.3. The lowest BCUT2D eigenvalue weighted by Crippen LogP contribution is -2.42. The minimum absolute atomic E-state index is 0.00134. The molecule has 2 N–H and O–H groups in total. The van der Waals surface area contributed by atoms with Gasteiger partial charge in [-0.3, -0.25) is 0 Å². The SMILES string of the molecule is [C-]#[N+]/C(C#N)=C1C(c2c3cccc4c3c(c3cccc(O)c23)N(C)CN4C)=C([O-])C/1=c1\c2cccc3c2c(c2cccc(O)c12)=[N+](C)CN3C. The van der Waals surface area contributed by atoms with E-state index in [4.69, 9.17) is 6.57 Å². The Labute approximate surface area is 287 Å². The van der Waals surface area contributed by atoms with Gasteiger partial charge < -0.3 is 30.0 Å². The third-order valence-electron chi connectivity index (χ3n) is 10.5. The van der Waals surface area contributed by atoms with Gasteiger partial charge in [0.2, 0.25) is 12.0 Å². The lowest BCUT2D eigenvalue weighted by Gasteiger charge is -2.40. The van der Waals surface area contributed by atoms with Crippen molar-refractivity contribution in [3.8, 4) is 17.6 Å². The highest BCUT2D eigenvalue weighted by atomic mass is 16.3. The molecule has 6 aromatic rings. The zero-order valence-corrected chi connectivity index (χ0v) is 27.8. The molecule has 0 atom stereocenters. The number of rotatable bonds is 1. The van der Waals surface area contributed by atoms with E-state index >= 15 is 5.11 Å². The number of allylic oxidation sites excluding steroid dienone is 3. The minimum Gasteiger partial charge on any atom is -0.872 e. The smallest absolute Gasteiger partial charge is 0.270 e. The van der Waals surface area contributed by atoms with Crippen molar-refractivity contribution in [1.29, 1.82) is 5.26 Å². The molecule has 1 aliphatic carbocycles. The van der Waals surface area contributed by atoms with Crippen molar-refractivity contribution in [1.82, 2.24) is 4.58 Å². The van der Waals surface area contributed by atoms with Gasteiger partial charge in [-0.05, 0) is 52.3 Å². The summed E-state index contributed by atoms with van der Waals surface area (Å²) in [5.74, 6) is -0.362. The number of aromatic hydroxyl groups is 2. The first-order chi connectivity index (χ1) is 24.2. The molecule has 2 aliphatic heterocycles. The molecule has 0 spiro atoms. The Kier molecular flexibility index (Phi) is 5.97. The van der Waals surface area contributed by atoms with Gasteiger partial charge in [-0.2, -0.15) is 0 Å². The minimum atomic E-state index is -0.359. The lowest BCUT2D eigenvalue weighted by molar-refractivity contribution is -0.292. The maximum absolute atomic E-state index is 15.1. The molecule has 0 fully saturated rings. The summed E-state index contributed by atoms with van der Waals surface area (Å²) in [4.78, 5) is 10.1. The highest BCUT2D eigenvalue weighted by molar-refractivity contribution is 6.29. The molecule has 0 bridgehead atoms. The lowest BCUT2D eigenvalue weighted by atomic mass is 9.73. The highest BCUT2D eigenvalue weighted by Crippen LogP contribution is 2.55. The van der Waals surface area contributed by atoms with Gasteiger partial charge in [0.05, 0.1) is 41.5 Å². The topological polar surface area (TPSA) is 104 Å². The van der Waals surface area contributed by atoms with Crippen LogP contribution in [0.4, 0.5) is 17.1 Å². The molecule has 9 heteroatoms. The second kappa shape index (κ2) is 10.1. The molecule has 0 aromatic heterocycles. The molecular weight excluding hydrogens is 624 g/mol. The van der Waals surface area contributed by atoms with E-state index in [0.717, 1.165) is 54.7 Å². The predicted molar refractivity (Wildman–Crippen MR) is 197 cm³/mol. The van der Waals surface area contributed by atoms with Gasteiger partial charge in [0.15, 0.2) is 0 Å². The number of benzene rings is 6. The quantitative estimate of drug-likeness (QED) is 0.115. The molecule has 0 radical (unpaired) electrons. The molecule has 0 saturated heterocycles. The Morgan fingerprint density at radius 2 is 1.40 bits per heavy atom. The number of phenolic OH excluding ortho intramolecular Hbond substituents is 2. The molecule has 0 unspecified atom stereocenters. The number of nitrogens with zero attached hydrogens (tertiary/aromatic N) is 6. The highest BCUT2D eigenvalue weighted by Gasteiger charge is 2.36. The summed E-state index contributed by atoms with van der Waals surface area (Å²) >= 11 is 0. The van der Waals surface area contributed by atoms with Gasteiger partial charge in [-0.15, -0.1) is 0 Å². The first kappa shape index (κ1) is 29.4. The van der Waals surface area contributed by atoms with E-state index in [-0.39, 0.29) is 39.7 Å². The van der Waals surface area contributed by atoms with E-state index < -0.39 is 0 Å². The number of fused-ring (bicyclic) bond motifs is 4. The molecule has 0 amide bonds. The van der Waals surface area contributed by atoms with Crippen LogP contribution in [0, 0.1) is 17.9 Å². The molecule has 9 nitrogen and oxygen atoms in total. The van der Waals surface area contributed by atoms with Crippen LogP contribution in [-0.4, -0.2) is 51.7 Å². The van der Waals surface area contributed by atoms with Crippen molar-refractivity contribution in [3.05, 3.63) is 117 Å². The van der Waals surface area contributed by atoms with Crippen LogP contribution >= 0.6 is 0 Å². The number of hydrogen-bond acceptors (Lipinski definition) is 7. The Hall–Kier alpha value is -6.71. The number of nitriles is 1. The summed E-state index contributed by atoms with van der Waals surface area (Å²) in [6, 6.07) is 24.6. The van der Waals surface area contributed by atoms with Crippen molar-refractivity contribution in [2.45, 2.75) is 0 Å². The largest absolute Gasteiger partial charge is 0.872 e. The van der Waals surface area contributed by atoms with Crippen LogP contribution in [0.3, 0.4) is 0 Å². The van der Waals surface area contributed by atoms with E-state index in [0.29, 0.717) is 34.9 Å². The summed E-state index contributed by atoms with van der Waals surface area (Å²) in [5, 5.41) is 55.9.